The number of nitrogens with two attached hydrogens (primary N) is 1. The van der Waals surface area contributed by atoms with Gasteiger partial charge in [-0.3, -0.25) is 4.79 Å². The zero-order chi connectivity index (χ0) is 20.1. The summed E-state index contributed by atoms with van der Waals surface area (Å²) in [5.74, 6) is 1.37. The van der Waals surface area contributed by atoms with Gasteiger partial charge in [-0.25, -0.2) is 0 Å². The van der Waals surface area contributed by atoms with Crippen molar-refractivity contribution in [2.24, 2.45) is 17.1 Å². The summed E-state index contributed by atoms with van der Waals surface area (Å²) in [5, 5.41) is 0. The lowest BCUT2D eigenvalue weighted by Gasteiger charge is -2.34. The van der Waals surface area contributed by atoms with Crippen LogP contribution in [0.1, 0.15) is 68.3 Å². The number of hydrogen-bond acceptors (Lipinski definition) is 2. The van der Waals surface area contributed by atoms with E-state index < -0.39 is 5.91 Å². The standard InChI is InChI=1S/C25H33NO2/c1-18-6-7-21(24(26)27)17-23(18)20-8-10-22(11-9-20)28-16-4-5-19-12-14-25(2,3)15-13-19/h6-11,17,19H,4-5,12-16H2,1-3H3,(H2,26,27). The zero-order valence-electron chi connectivity index (χ0n) is 17.5. The fraction of sp³-hybridized carbons (Fsp3) is 0.480. The Hall–Kier alpha value is -2.29. The van der Waals surface area contributed by atoms with Crippen molar-refractivity contribution in [3.05, 3.63) is 53.6 Å². The van der Waals surface area contributed by atoms with Gasteiger partial charge in [0.05, 0.1) is 6.61 Å². The number of primary amides is 1. The molecule has 2 aromatic carbocycles. The molecule has 2 aromatic rings. The van der Waals surface area contributed by atoms with Crippen molar-refractivity contribution < 1.29 is 9.53 Å². The topological polar surface area (TPSA) is 52.3 Å². The average Bonchev–Trinajstić information content (AvgIpc) is 2.67. The van der Waals surface area contributed by atoms with Gasteiger partial charge >= 0.3 is 0 Å². The second-order valence-corrected chi connectivity index (χ2v) is 9.02. The minimum atomic E-state index is -0.400. The summed E-state index contributed by atoms with van der Waals surface area (Å²) in [7, 11) is 0. The molecule has 3 rings (SSSR count). The third-order valence-electron chi connectivity index (χ3n) is 6.17. The van der Waals surface area contributed by atoms with Gasteiger partial charge in [0, 0.05) is 5.56 Å². The molecule has 3 nitrogen and oxygen atoms in total. The predicted octanol–water partition coefficient (Wildman–Crippen LogP) is 6.14. The molecule has 2 N–H and O–H groups in total. The third-order valence-corrected chi connectivity index (χ3v) is 6.17. The molecule has 3 heteroatoms. The number of hydrogen-bond donors (Lipinski definition) is 1. The minimum Gasteiger partial charge on any atom is -0.494 e. The first kappa shape index (κ1) is 20.4. The van der Waals surface area contributed by atoms with Gasteiger partial charge in [-0.1, -0.05) is 32.0 Å². The molecule has 0 aliphatic heterocycles. The van der Waals surface area contributed by atoms with E-state index in [2.05, 4.69) is 13.8 Å². The second kappa shape index (κ2) is 8.81. The Bertz CT molecular complexity index is 798. The first-order valence-electron chi connectivity index (χ1n) is 10.5. The molecule has 0 aromatic heterocycles. The number of carbonyl (C=O) groups excluding carboxylic acids is 1. The van der Waals surface area contributed by atoms with Crippen LogP contribution in [0.4, 0.5) is 0 Å². The van der Waals surface area contributed by atoms with Gasteiger partial charge in [-0.2, -0.15) is 0 Å². The summed E-state index contributed by atoms with van der Waals surface area (Å²) in [6.07, 6.45) is 7.84. The molecule has 0 heterocycles. The molecular formula is C25H33NO2. The summed E-state index contributed by atoms with van der Waals surface area (Å²) in [6, 6.07) is 13.7. The molecule has 0 radical (unpaired) electrons. The highest BCUT2D eigenvalue weighted by atomic mass is 16.5. The van der Waals surface area contributed by atoms with Crippen LogP contribution in [-0.2, 0) is 0 Å². The lowest BCUT2D eigenvalue weighted by atomic mass is 9.72. The maximum Gasteiger partial charge on any atom is 0.248 e. The molecule has 1 aliphatic carbocycles. The quantitative estimate of drug-likeness (QED) is 0.588. The molecule has 1 aliphatic rings. The van der Waals surface area contributed by atoms with E-state index in [0.29, 0.717) is 11.0 Å². The Morgan fingerprint density at radius 2 is 1.79 bits per heavy atom. The summed E-state index contributed by atoms with van der Waals surface area (Å²) in [4.78, 5) is 11.4. The minimum absolute atomic E-state index is 0.400. The summed E-state index contributed by atoms with van der Waals surface area (Å²) in [6.45, 7) is 7.59. The van der Waals surface area contributed by atoms with Crippen molar-refractivity contribution in [1.29, 1.82) is 0 Å². The van der Waals surface area contributed by atoms with E-state index in [1.807, 2.05) is 43.3 Å². The van der Waals surface area contributed by atoms with Crippen molar-refractivity contribution in [2.75, 3.05) is 6.61 Å². The number of amides is 1. The highest BCUT2D eigenvalue weighted by Crippen LogP contribution is 2.39. The van der Waals surface area contributed by atoms with Crippen molar-refractivity contribution in [2.45, 2.75) is 59.3 Å². The average molecular weight is 380 g/mol. The SMILES string of the molecule is Cc1ccc(C(N)=O)cc1-c1ccc(OCCCC2CCC(C)(C)CC2)cc1. The van der Waals surface area contributed by atoms with E-state index >= 15 is 0 Å². The molecular weight excluding hydrogens is 346 g/mol. The van der Waals surface area contributed by atoms with Gasteiger partial charge in [0.2, 0.25) is 5.91 Å². The summed E-state index contributed by atoms with van der Waals surface area (Å²) >= 11 is 0. The monoisotopic (exact) mass is 379 g/mol. The molecule has 0 unspecified atom stereocenters. The van der Waals surface area contributed by atoms with Crippen LogP contribution >= 0.6 is 0 Å². The highest BCUT2D eigenvalue weighted by Gasteiger charge is 2.26. The third kappa shape index (κ3) is 5.37. The number of rotatable bonds is 7. The van der Waals surface area contributed by atoms with Crippen LogP contribution in [0.25, 0.3) is 11.1 Å². The Morgan fingerprint density at radius 1 is 1.11 bits per heavy atom. The fourth-order valence-electron chi connectivity index (χ4n) is 4.13. The fourth-order valence-corrected chi connectivity index (χ4v) is 4.13. The number of carbonyl (C=O) groups is 1. The number of aryl methyl sites for hydroxylation is 1. The first-order chi connectivity index (χ1) is 13.3. The van der Waals surface area contributed by atoms with Gasteiger partial charge in [0.1, 0.15) is 5.75 Å². The molecule has 150 valence electrons. The summed E-state index contributed by atoms with van der Waals surface area (Å²) < 4.78 is 5.95. The molecule has 0 bridgehead atoms. The Kier molecular flexibility index (Phi) is 6.43. The van der Waals surface area contributed by atoms with Crippen LogP contribution in [0.2, 0.25) is 0 Å². The molecule has 1 amide bonds. The van der Waals surface area contributed by atoms with E-state index in [1.54, 1.807) is 6.07 Å². The predicted molar refractivity (Wildman–Crippen MR) is 116 cm³/mol. The van der Waals surface area contributed by atoms with E-state index in [9.17, 15) is 4.79 Å². The molecule has 0 saturated heterocycles. The molecule has 1 fully saturated rings. The van der Waals surface area contributed by atoms with E-state index in [-0.39, 0.29) is 0 Å². The smallest absolute Gasteiger partial charge is 0.248 e. The Labute approximate surface area is 169 Å². The van der Waals surface area contributed by atoms with E-state index in [1.165, 1.54) is 32.1 Å². The van der Waals surface area contributed by atoms with Crippen LogP contribution < -0.4 is 10.5 Å². The van der Waals surface area contributed by atoms with E-state index in [4.69, 9.17) is 10.5 Å². The highest BCUT2D eigenvalue weighted by molar-refractivity contribution is 5.94. The number of benzene rings is 2. The van der Waals surface area contributed by atoms with E-state index in [0.717, 1.165) is 41.4 Å². The van der Waals surface area contributed by atoms with Crippen LogP contribution in [0.3, 0.4) is 0 Å². The Balaban J connectivity index is 1.50. The molecule has 1 saturated carbocycles. The van der Waals surface area contributed by atoms with Crippen molar-refractivity contribution >= 4 is 5.91 Å². The number of ether oxygens (including phenoxy) is 1. The Morgan fingerprint density at radius 3 is 2.43 bits per heavy atom. The van der Waals surface area contributed by atoms with Crippen molar-refractivity contribution in [3.63, 3.8) is 0 Å². The van der Waals surface area contributed by atoms with Gasteiger partial charge in [-0.15, -0.1) is 0 Å². The first-order valence-corrected chi connectivity index (χ1v) is 10.5. The largest absolute Gasteiger partial charge is 0.494 e. The second-order valence-electron chi connectivity index (χ2n) is 9.02. The van der Waals surface area contributed by atoms with Crippen LogP contribution in [0.15, 0.2) is 42.5 Å². The molecule has 0 atom stereocenters. The van der Waals surface area contributed by atoms with Crippen molar-refractivity contribution in [3.8, 4) is 16.9 Å². The lowest BCUT2D eigenvalue weighted by molar-refractivity contribution is 0.100. The van der Waals surface area contributed by atoms with Gasteiger partial charge in [-0.05, 0) is 97.7 Å². The molecule has 28 heavy (non-hydrogen) atoms. The maximum absolute atomic E-state index is 11.4. The maximum atomic E-state index is 11.4. The lowest BCUT2D eigenvalue weighted by Crippen LogP contribution is -2.21. The van der Waals surface area contributed by atoms with Crippen LogP contribution in [-0.4, -0.2) is 12.5 Å². The van der Waals surface area contributed by atoms with Crippen LogP contribution in [0.5, 0.6) is 5.75 Å². The zero-order valence-corrected chi connectivity index (χ0v) is 17.5. The van der Waals surface area contributed by atoms with Gasteiger partial charge < -0.3 is 10.5 Å². The molecule has 0 spiro atoms. The van der Waals surface area contributed by atoms with Crippen LogP contribution in [0, 0.1) is 18.3 Å². The van der Waals surface area contributed by atoms with Gasteiger partial charge in [0.25, 0.3) is 0 Å². The normalized spacial score (nSPS) is 16.7. The van der Waals surface area contributed by atoms with Crippen molar-refractivity contribution in [1.82, 2.24) is 0 Å². The van der Waals surface area contributed by atoms with Gasteiger partial charge in [0.15, 0.2) is 0 Å². The summed E-state index contributed by atoms with van der Waals surface area (Å²) in [5.41, 5.74) is 9.71.